The van der Waals surface area contributed by atoms with Crippen LogP contribution in [0.2, 0.25) is 0 Å². The minimum absolute atomic E-state index is 0. The van der Waals surface area contributed by atoms with E-state index in [1.807, 2.05) is 333 Å². The van der Waals surface area contributed by atoms with Crippen molar-refractivity contribution in [1.29, 1.82) is 0 Å². The van der Waals surface area contributed by atoms with E-state index in [0.717, 1.165) is 90.1 Å². The van der Waals surface area contributed by atoms with Crippen LogP contribution in [0.15, 0.2) is 268 Å². The maximum Gasteiger partial charge on any atom is 0.106 e. The third-order valence-corrected chi connectivity index (χ3v) is 17.6. The smallest absolute Gasteiger partial charge is 0.106 e. The zero-order chi connectivity index (χ0) is 82.9. The first-order valence-corrected chi connectivity index (χ1v) is 38.5. The fourth-order valence-corrected chi connectivity index (χ4v) is 10.2. The average Bonchev–Trinajstić information content (AvgIpc) is 0.845. The monoisotopic (exact) mass is 2290 g/mol. The summed E-state index contributed by atoms with van der Waals surface area (Å²) in [7, 11) is 0. The first kappa shape index (κ1) is 107. The SMILES string of the molecule is CC(C)(C)C(O)CC(O)C(C)(C)C.CC(C)C(O)CC(O)C(C)C.CC(O)CC(C)O.CC(O)CC(O)C(C)(C)C.[Ir].[Ir].[Ir].[Ir].[c-]1ccccc1-c1cc(-c2ccccc2)ncn1.[c-]1ccccc1-c1cc(-c2ccccc2)ncn1.[c-]1ccccc1-c1cc(-c2ccccc2)ncn1.[c-]1ccccc1-c1cc(-c2ccccc2)ncn1. The number of aliphatic hydroxyl groups excluding tert-OH is 8. The summed E-state index contributed by atoms with van der Waals surface area (Å²) in [6.07, 6.45) is 5.07. The van der Waals surface area contributed by atoms with E-state index in [1.54, 1.807) is 46.1 Å². The second kappa shape index (κ2) is 56.7. The Balaban J connectivity index is 0.000000677. The van der Waals surface area contributed by atoms with Crippen molar-refractivity contribution in [2.45, 2.75) is 185 Å². The Hall–Kier alpha value is -7.64. The number of aromatic nitrogens is 8. The molecule has 0 spiro atoms. The summed E-state index contributed by atoms with van der Waals surface area (Å²) in [6, 6.07) is 92.3. The maximum atomic E-state index is 9.76. The van der Waals surface area contributed by atoms with Crippen LogP contribution >= 0.6 is 0 Å². The molecule has 0 fully saturated rings. The van der Waals surface area contributed by atoms with Crippen molar-refractivity contribution >= 4 is 0 Å². The quantitative estimate of drug-likeness (QED) is 0.0371. The Kier molecular flexibility index (Phi) is 52.1. The van der Waals surface area contributed by atoms with Crippen molar-refractivity contribution < 1.29 is 121 Å². The zero-order valence-electron chi connectivity index (χ0n) is 70.0. The predicted octanol–water partition coefficient (Wildman–Crippen LogP) is 19.3. The number of benzene rings is 8. The number of hydrogen-bond acceptors (Lipinski definition) is 16. The molecule has 0 saturated heterocycles. The fourth-order valence-electron chi connectivity index (χ4n) is 10.2. The molecule has 0 bridgehead atoms. The third kappa shape index (κ3) is 42.2. The summed E-state index contributed by atoms with van der Waals surface area (Å²) < 4.78 is 0. The van der Waals surface area contributed by atoms with E-state index in [-0.39, 0.29) is 133 Å². The van der Waals surface area contributed by atoms with Gasteiger partial charge < -0.3 is 40.9 Å². The van der Waals surface area contributed by atoms with Crippen molar-refractivity contribution in [2.24, 2.45) is 28.1 Å². The molecule has 20 heteroatoms. The number of nitrogens with zero attached hydrogens (tertiary/aromatic N) is 8. The van der Waals surface area contributed by atoms with E-state index in [9.17, 15) is 25.5 Å². The van der Waals surface area contributed by atoms with Gasteiger partial charge in [-0.3, -0.25) is 19.9 Å². The van der Waals surface area contributed by atoms with Gasteiger partial charge in [-0.25, -0.2) is 19.9 Å². The molecule has 0 saturated carbocycles. The number of hydrogen-bond donors (Lipinski definition) is 8. The van der Waals surface area contributed by atoms with Crippen LogP contribution in [0.5, 0.6) is 0 Å². The molecule has 4 heterocycles. The minimum atomic E-state index is -0.443. The first-order valence-electron chi connectivity index (χ1n) is 38.5. The Labute approximate surface area is 750 Å². The van der Waals surface area contributed by atoms with Crippen molar-refractivity contribution in [1.82, 2.24) is 39.9 Å². The van der Waals surface area contributed by atoms with E-state index in [1.165, 1.54) is 0 Å². The number of rotatable bonds is 18. The molecule has 8 unspecified atom stereocenters. The molecular weight excluding hydrogens is 2170 g/mol. The Morgan fingerprint density at radius 1 is 0.248 bits per heavy atom. The molecule has 8 N–H and O–H groups in total. The van der Waals surface area contributed by atoms with Crippen molar-refractivity contribution in [2.75, 3.05) is 0 Å². The molecule has 4 radical (unpaired) electrons. The summed E-state index contributed by atoms with van der Waals surface area (Å²) in [6.45, 7) is 30.6. The van der Waals surface area contributed by atoms with Gasteiger partial charge >= 0.3 is 0 Å². The molecule has 12 aromatic rings. The van der Waals surface area contributed by atoms with Gasteiger partial charge in [0.2, 0.25) is 0 Å². The van der Waals surface area contributed by atoms with E-state index < -0.39 is 24.4 Å². The molecule has 0 aliphatic heterocycles. The minimum Gasteiger partial charge on any atom is -0.393 e. The normalized spacial score (nSPS) is 12.7. The van der Waals surface area contributed by atoms with E-state index in [0.29, 0.717) is 25.7 Å². The van der Waals surface area contributed by atoms with Crippen molar-refractivity contribution in [3.8, 4) is 90.1 Å². The second-order valence-electron chi connectivity index (χ2n) is 31.5. The summed E-state index contributed by atoms with van der Waals surface area (Å²) in [5, 5.41) is 73.7. The van der Waals surface area contributed by atoms with Crippen LogP contribution in [0.4, 0.5) is 0 Å². The molecule has 117 heavy (non-hydrogen) atoms. The van der Waals surface area contributed by atoms with Crippen LogP contribution in [0.3, 0.4) is 0 Å². The van der Waals surface area contributed by atoms with Crippen molar-refractivity contribution in [3.05, 3.63) is 292 Å². The van der Waals surface area contributed by atoms with Crippen LogP contribution in [-0.4, -0.2) is 130 Å². The van der Waals surface area contributed by atoms with E-state index >= 15 is 0 Å². The predicted molar refractivity (Wildman–Crippen MR) is 459 cm³/mol. The summed E-state index contributed by atoms with van der Waals surface area (Å²) >= 11 is 0. The van der Waals surface area contributed by atoms with Gasteiger partial charge in [-0.2, -0.15) is 0 Å². The second-order valence-corrected chi connectivity index (χ2v) is 31.5. The molecule has 8 aromatic carbocycles. The van der Waals surface area contributed by atoms with Crippen LogP contribution < -0.4 is 0 Å². The molecule has 0 aliphatic rings. The zero-order valence-corrected chi connectivity index (χ0v) is 79.6. The molecule has 12 rings (SSSR count). The standard InChI is InChI=1S/4C16H11N2.C11H24O2.C9H20O2.C8H18O2.C5H12O2.4Ir/c4*1-3-7-13(8-4-1)15-11-16(18-12-17-15)14-9-5-2-6-10-14;1-10(2,3)8(12)7-9(13)11(4,5)6;1-6(2)8(10)5-9(11)7(3)4;1-6(9)5-7(10)8(2,3)4;1-4(6)3-5(2)7;;;;/h4*1-9,11-12H;8-9,12-13H,7H2,1-6H3;6-11H,5H2,1-4H3;6-7,9-10H,5H2,1-4H3;4-7H,3H2,1-2H3;;;;/q4*-1;;;;;;;;. The summed E-state index contributed by atoms with van der Waals surface area (Å²) in [5.41, 5.74) is 15.2. The summed E-state index contributed by atoms with van der Waals surface area (Å²) in [5.74, 6) is 0.479. The van der Waals surface area contributed by atoms with Gasteiger partial charge in [-0.05, 0) is 113 Å². The van der Waals surface area contributed by atoms with Crippen molar-refractivity contribution in [3.63, 3.8) is 0 Å². The van der Waals surface area contributed by atoms with Crippen LogP contribution in [0.1, 0.15) is 136 Å². The molecular formula is C97H118Ir4N8O8-4. The van der Waals surface area contributed by atoms with Crippen LogP contribution in [0.25, 0.3) is 90.1 Å². The summed E-state index contributed by atoms with van der Waals surface area (Å²) in [4.78, 5) is 34.4. The molecule has 8 atom stereocenters. The molecule has 4 aromatic heterocycles. The number of aliphatic hydroxyl groups is 8. The molecule has 16 nitrogen and oxygen atoms in total. The van der Waals surface area contributed by atoms with Crippen LogP contribution in [-0.2, 0) is 80.4 Å². The third-order valence-electron chi connectivity index (χ3n) is 17.6. The topological polar surface area (TPSA) is 265 Å². The average molecular weight is 2290 g/mol. The van der Waals surface area contributed by atoms with Crippen LogP contribution in [0, 0.1) is 52.3 Å². The van der Waals surface area contributed by atoms with Gasteiger partial charge in [0.05, 0.1) is 71.6 Å². The van der Waals surface area contributed by atoms with Gasteiger partial charge in [-0.1, -0.05) is 236 Å². The maximum absolute atomic E-state index is 9.76. The molecule has 0 aliphatic carbocycles. The van der Waals surface area contributed by atoms with Gasteiger partial charge in [-0.15, -0.1) is 144 Å². The van der Waals surface area contributed by atoms with E-state index in [4.69, 9.17) is 15.3 Å². The Morgan fingerprint density at radius 3 is 0.607 bits per heavy atom. The van der Waals surface area contributed by atoms with Gasteiger partial charge in [0.25, 0.3) is 0 Å². The Morgan fingerprint density at radius 2 is 0.444 bits per heavy atom. The fraction of sp³-hybridized carbons (Fsp3) is 0.340. The molecule has 0 amide bonds. The van der Waals surface area contributed by atoms with Gasteiger partial charge in [0, 0.05) is 86.8 Å². The molecule has 634 valence electrons. The van der Waals surface area contributed by atoms with Gasteiger partial charge in [0.1, 0.15) is 25.3 Å². The van der Waals surface area contributed by atoms with E-state index in [2.05, 4.69) is 64.1 Å². The first-order chi connectivity index (χ1) is 53.7. The van der Waals surface area contributed by atoms with Gasteiger partial charge in [0.15, 0.2) is 0 Å². The largest absolute Gasteiger partial charge is 0.393 e. The Bertz CT molecular complexity index is 3770.